The second-order valence-electron chi connectivity index (χ2n) is 6.40. The van der Waals surface area contributed by atoms with Gasteiger partial charge in [-0.15, -0.1) is 11.8 Å². The molecule has 0 bridgehead atoms. The summed E-state index contributed by atoms with van der Waals surface area (Å²) in [5, 5.41) is 2.85. The maximum Gasteiger partial charge on any atom is 0.238 e. The summed E-state index contributed by atoms with van der Waals surface area (Å²) in [5.74, 6) is 1.34. The monoisotopic (exact) mass is 384 g/mol. The molecule has 5 nitrogen and oxygen atoms in total. The zero-order chi connectivity index (χ0) is 19.2. The van der Waals surface area contributed by atoms with Crippen LogP contribution in [0.4, 0.5) is 11.4 Å². The fourth-order valence-electron chi connectivity index (χ4n) is 2.98. The van der Waals surface area contributed by atoms with E-state index in [9.17, 15) is 9.59 Å². The molecule has 1 aliphatic heterocycles. The Labute approximate surface area is 164 Å². The lowest BCUT2D eigenvalue weighted by Gasteiger charge is -2.24. The molecule has 0 spiro atoms. The predicted molar refractivity (Wildman–Crippen MR) is 110 cm³/mol. The first-order chi connectivity index (χ1) is 13.1. The van der Waals surface area contributed by atoms with E-state index in [1.54, 1.807) is 18.9 Å². The third kappa shape index (κ3) is 4.63. The first-order valence-electron chi connectivity index (χ1n) is 9.10. The lowest BCUT2D eigenvalue weighted by Crippen LogP contribution is -2.27. The number of hydrogen-bond acceptors (Lipinski definition) is 4. The lowest BCUT2D eigenvalue weighted by molar-refractivity contribution is -0.116. The summed E-state index contributed by atoms with van der Waals surface area (Å²) in [4.78, 5) is 26.1. The van der Waals surface area contributed by atoms with Crippen LogP contribution in [-0.4, -0.2) is 24.7 Å². The first-order valence-corrected chi connectivity index (χ1v) is 10.1. The van der Waals surface area contributed by atoms with E-state index >= 15 is 0 Å². The standard InChI is InChI=1S/C21H24N2O3S/c1-3-4-5-19(24)22-16-8-6-15(7-9-16)21-23(20(25)14-27-21)17-10-12-18(26-2)13-11-17/h6-13,21H,3-5,14H2,1-2H3,(H,22,24)/t21-/m1/s1. The van der Waals surface area contributed by atoms with Gasteiger partial charge < -0.3 is 10.1 Å². The van der Waals surface area contributed by atoms with Gasteiger partial charge in [0.15, 0.2) is 0 Å². The normalized spacial score (nSPS) is 16.4. The highest BCUT2D eigenvalue weighted by atomic mass is 32.2. The number of carbonyl (C=O) groups excluding carboxylic acids is 2. The largest absolute Gasteiger partial charge is 0.497 e. The van der Waals surface area contributed by atoms with Crippen LogP contribution in [0.15, 0.2) is 48.5 Å². The molecule has 2 aromatic rings. The molecular formula is C21H24N2O3S. The third-order valence-corrected chi connectivity index (χ3v) is 5.67. The molecule has 1 aliphatic rings. The Morgan fingerprint density at radius 3 is 2.52 bits per heavy atom. The molecule has 6 heteroatoms. The van der Waals surface area contributed by atoms with Gasteiger partial charge in [0.1, 0.15) is 11.1 Å². The van der Waals surface area contributed by atoms with E-state index in [-0.39, 0.29) is 17.2 Å². The second kappa shape index (κ2) is 8.95. The molecule has 2 aromatic carbocycles. The Bertz CT molecular complexity index is 790. The number of rotatable bonds is 7. The highest BCUT2D eigenvalue weighted by Gasteiger charge is 2.34. The van der Waals surface area contributed by atoms with Crippen molar-refractivity contribution >= 4 is 35.0 Å². The smallest absolute Gasteiger partial charge is 0.238 e. The average Bonchev–Trinajstić information content (AvgIpc) is 3.08. The summed E-state index contributed by atoms with van der Waals surface area (Å²) in [5.41, 5.74) is 2.67. The first kappa shape index (κ1) is 19.3. The Morgan fingerprint density at radius 2 is 1.89 bits per heavy atom. The van der Waals surface area contributed by atoms with Crippen molar-refractivity contribution in [1.82, 2.24) is 0 Å². The van der Waals surface area contributed by atoms with Crippen LogP contribution in [0.25, 0.3) is 0 Å². The van der Waals surface area contributed by atoms with Crippen LogP contribution in [0.1, 0.15) is 37.1 Å². The van der Waals surface area contributed by atoms with Crippen molar-refractivity contribution in [1.29, 1.82) is 0 Å². The van der Waals surface area contributed by atoms with E-state index in [0.717, 1.165) is 35.5 Å². The Hall–Kier alpha value is -2.47. The molecular weight excluding hydrogens is 360 g/mol. The van der Waals surface area contributed by atoms with Crippen LogP contribution in [-0.2, 0) is 9.59 Å². The Kier molecular flexibility index (Phi) is 6.40. The number of thioether (sulfide) groups is 1. The average molecular weight is 385 g/mol. The van der Waals surface area contributed by atoms with Crippen molar-refractivity contribution in [3.05, 3.63) is 54.1 Å². The van der Waals surface area contributed by atoms with E-state index in [1.807, 2.05) is 53.4 Å². The molecule has 3 rings (SSSR count). The maximum atomic E-state index is 12.4. The highest BCUT2D eigenvalue weighted by Crippen LogP contribution is 2.42. The van der Waals surface area contributed by atoms with Gasteiger partial charge in [-0.1, -0.05) is 25.5 Å². The number of nitrogens with zero attached hydrogens (tertiary/aromatic N) is 1. The number of benzene rings is 2. The van der Waals surface area contributed by atoms with Gasteiger partial charge in [-0.3, -0.25) is 14.5 Å². The van der Waals surface area contributed by atoms with Crippen molar-refractivity contribution in [2.75, 3.05) is 23.1 Å². The van der Waals surface area contributed by atoms with E-state index < -0.39 is 0 Å². The number of hydrogen-bond donors (Lipinski definition) is 1. The molecule has 0 aromatic heterocycles. The minimum Gasteiger partial charge on any atom is -0.497 e. The molecule has 142 valence electrons. The van der Waals surface area contributed by atoms with Gasteiger partial charge in [-0.2, -0.15) is 0 Å². The van der Waals surface area contributed by atoms with Gasteiger partial charge in [0.05, 0.1) is 12.9 Å². The molecule has 2 amide bonds. The van der Waals surface area contributed by atoms with Gasteiger partial charge in [0.25, 0.3) is 0 Å². The minimum absolute atomic E-state index is 0.0369. The van der Waals surface area contributed by atoms with Crippen LogP contribution < -0.4 is 15.0 Å². The quantitative estimate of drug-likeness (QED) is 0.758. The predicted octanol–water partition coefficient (Wildman–Crippen LogP) is 4.60. The molecule has 1 N–H and O–H groups in total. The summed E-state index contributed by atoms with van der Waals surface area (Å²) in [6.45, 7) is 2.07. The van der Waals surface area contributed by atoms with E-state index in [4.69, 9.17) is 4.74 Å². The van der Waals surface area contributed by atoms with Gasteiger partial charge >= 0.3 is 0 Å². The summed E-state index contributed by atoms with van der Waals surface area (Å²) >= 11 is 1.61. The summed E-state index contributed by atoms with van der Waals surface area (Å²) in [7, 11) is 1.62. The summed E-state index contributed by atoms with van der Waals surface area (Å²) in [6, 6.07) is 15.3. The van der Waals surface area contributed by atoms with E-state index in [0.29, 0.717) is 12.2 Å². The Balaban J connectivity index is 1.74. The number of unbranched alkanes of at least 4 members (excludes halogenated alkanes) is 1. The van der Waals surface area contributed by atoms with Crippen molar-refractivity contribution in [3.8, 4) is 5.75 Å². The molecule has 0 radical (unpaired) electrons. The van der Waals surface area contributed by atoms with Crippen LogP contribution in [0.5, 0.6) is 5.75 Å². The zero-order valence-electron chi connectivity index (χ0n) is 15.6. The van der Waals surface area contributed by atoms with Crippen molar-refractivity contribution in [2.24, 2.45) is 0 Å². The molecule has 0 aliphatic carbocycles. The summed E-state index contributed by atoms with van der Waals surface area (Å²) in [6.07, 6.45) is 2.43. The Morgan fingerprint density at radius 1 is 1.19 bits per heavy atom. The maximum absolute atomic E-state index is 12.4. The molecule has 0 unspecified atom stereocenters. The second-order valence-corrected chi connectivity index (χ2v) is 7.47. The van der Waals surface area contributed by atoms with Crippen molar-refractivity contribution < 1.29 is 14.3 Å². The molecule has 1 fully saturated rings. The van der Waals surface area contributed by atoms with Gasteiger partial charge in [-0.25, -0.2) is 0 Å². The lowest BCUT2D eigenvalue weighted by atomic mass is 10.1. The minimum atomic E-state index is -0.0734. The molecule has 27 heavy (non-hydrogen) atoms. The number of nitrogens with one attached hydrogen (secondary N) is 1. The van der Waals surface area contributed by atoms with E-state index in [1.165, 1.54) is 0 Å². The number of carbonyl (C=O) groups is 2. The van der Waals surface area contributed by atoms with Crippen LogP contribution in [0.2, 0.25) is 0 Å². The summed E-state index contributed by atoms with van der Waals surface area (Å²) < 4.78 is 5.20. The van der Waals surface area contributed by atoms with Crippen LogP contribution in [0.3, 0.4) is 0 Å². The van der Waals surface area contributed by atoms with Crippen molar-refractivity contribution in [3.63, 3.8) is 0 Å². The van der Waals surface area contributed by atoms with Gasteiger partial charge in [-0.05, 0) is 48.4 Å². The number of methoxy groups -OCH3 is 1. The van der Waals surface area contributed by atoms with Crippen LogP contribution in [0, 0.1) is 0 Å². The fourth-order valence-corrected chi connectivity index (χ4v) is 4.16. The molecule has 1 saturated heterocycles. The number of ether oxygens (including phenoxy) is 1. The number of anilines is 2. The van der Waals surface area contributed by atoms with E-state index in [2.05, 4.69) is 12.2 Å². The topological polar surface area (TPSA) is 58.6 Å². The number of amides is 2. The fraction of sp³-hybridized carbons (Fsp3) is 0.333. The van der Waals surface area contributed by atoms with Gasteiger partial charge in [0, 0.05) is 17.8 Å². The van der Waals surface area contributed by atoms with Crippen LogP contribution >= 0.6 is 11.8 Å². The van der Waals surface area contributed by atoms with Crippen molar-refractivity contribution in [2.45, 2.75) is 31.6 Å². The molecule has 0 saturated carbocycles. The highest BCUT2D eigenvalue weighted by molar-refractivity contribution is 8.00. The van der Waals surface area contributed by atoms with Gasteiger partial charge in [0.2, 0.25) is 11.8 Å². The SMILES string of the molecule is CCCCC(=O)Nc1ccc([C@H]2SCC(=O)N2c2ccc(OC)cc2)cc1. The molecule has 1 heterocycles. The zero-order valence-corrected chi connectivity index (χ0v) is 16.4. The molecule has 1 atom stereocenters. The third-order valence-electron chi connectivity index (χ3n) is 4.46.